The molecule has 0 N–H and O–H groups in total. The van der Waals surface area contributed by atoms with Crippen molar-refractivity contribution >= 4 is 35.2 Å². The SMILES string of the molecule is [CH2-]c1cc(-c2ccc(-c3ccccc3)cc2)c2c(oc3ccccc32)c1-c1cc(C(C)C)cc[n+]1[CH2-].[CH2-]c1cccc(C)c1-c1ccc([Si](C)(C)C)c[n+]1[CH2-].[Ir]. The molecule has 8 rings (SSSR count). The molecule has 1 radical (unpaired) electrons. The van der Waals surface area contributed by atoms with Crippen molar-refractivity contribution in [1.82, 2.24) is 0 Å². The first-order chi connectivity index (χ1) is 26.3. The molecular weight excluding hydrogens is 877 g/mol. The van der Waals surface area contributed by atoms with Gasteiger partial charge in [0.05, 0.1) is 37.4 Å². The molecule has 0 atom stereocenters. The molecule has 8 aromatic rings. The molecule has 0 aliphatic heterocycles. The maximum Gasteiger partial charge on any atom is 0.133 e. The molecule has 5 aromatic carbocycles. The molecule has 3 nitrogen and oxygen atoms in total. The zero-order chi connectivity index (χ0) is 39.0. The van der Waals surface area contributed by atoms with Gasteiger partial charge in [0.15, 0.2) is 0 Å². The largest absolute Gasteiger partial charge is 0.469 e. The Balaban J connectivity index is 0.000000226. The van der Waals surface area contributed by atoms with E-state index in [1.165, 1.54) is 33.0 Å². The van der Waals surface area contributed by atoms with Crippen LogP contribution in [-0.2, 0) is 20.1 Å². The van der Waals surface area contributed by atoms with Crippen LogP contribution in [0.25, 0.3) is 66.7 Å². The number of pyridine rings is 2. The Bertz CT molecular complexity index is 2630. The van der Waals surface area contributed by atoms with Crippen molar-refractivity contribution in [2.75, 3.05) is 0 Å². The minimum Gasteiger partial charge on any atom is -0.469 e. The Morgan fingerprint density at radius 2 is 1.29 bits per heavy atom. The third-order valence-electron chi connectivity index (χ3n) is 10.5. The number of rotatable bonds is 6. The summed E-state index contributed by atoms with van der Waals surface area (Å²) in [4.78, 5) is 0. The fraction of sp³-hybridized carbons (Fsp3) is 0.137. The topological polar surface area (TPSA) is 20.9 Å². The van der Waals surface area contributed by atoms with Crippen molar-refractivity contribution in [3.05, 3.63) is 190 Å². The molecule has 0 fully saturated rings. The normalized spacial score (nSPS) is 11.3. The predicted molar refractivity (Wildman–Crippen MR) is 235 cm³/mol. The monoisotopic (exact) mass is 927 g/mol. The van der Waals surface area contributed by atoms with E-state index in [4.69, 9.17) is 4.42 Å². The maximum atomic E-state index is 6.55. The fourth-order valence-electron chi connectivity index (χ4n) is 7.37. The Labute approximate surface area is 348 Å². The van der Waals surface area contributed by atoms with Gasteiger partial charge in [0.25, 0.3) is 0 Å². The van der Waals surface area contributed by atoms with Gasteiger partial charge in [-0.05, 0) is 28.7 Å². The van der Waals surface area contributed by atoms with Crippen LogP contribution in [0.15, 0.2) is 144 Å². The Morgan fingerprint density at radius 1 is 0.625 bits per heavy atom. The number of aryl methyl sites for hydroxylation is 1. The van der Waals surface area contributed by atoms with Gasteiger partial charge in [-0.1, -0.05) is 165 Å². The molecule has 0 amide bonds. The van der Waals surface area contributed by atoms with Crippen LogP contribution >= 0.6 is 0 Å². The average molecular weight is 927 g/mol. The third kappa shape index (κ3) is 7.94. The Morgan fingerprint density at radius 3 is 1.95 bits per heavy atom. The van der Waals surface area contributed by atoms with E-state index in [1.54, 1.807) is 0 Å². The molecule has 3 aromatic heterocycles. The van der Waals surface area contributed by atoms with Crippen LogP contribution in [0.2, 0.25) is 19.6 Å². The molecule has 0 saturated heterocycles. The van der Waals surface area contributed by atoms with E-state index in [0.717, 1.165) is 61.1 Å². The standard InChI is InChI=1S/C34H28NO.C17H22NSi.Ir/c1-22(2)27-18-19-35(4)30(21-27)32-23(3)20-29(33-28-12-8-9-13-31(28)36-34(32)33)26-16-14-25(15-17-26)24-10-6-5-7-11-24;1-13-8-7-9-14(2)17(13)16-11-10-15(12-18(16)3)19(4,5)6;/h5-22H,3-4H2,1-2H3;7-12H,1,3H2,2,4-6H3;/q2*-1;. The van der Waals surface area contributed by atoms with E-state index in [9.17, 15) is 0 Å². The number of para-hydroxylation sites is 1. The van der Waals surface area contributed by atoms with E-state index in [-0.39, 0.29) is 20.1 Å². The van der Waals surface area contributed by atoms with E-state index < -0.39 is 8.07 Å². The maximum absolute atomic E-state index is 6.55. The van der Waals surface area contributed by atoms with Crippen molar-refractivity contribution in [2.45, 2.75) is 46.3 Å². The quantitative estimate of drug-likeness (QED) is 0.0925. The first kappa shape index (κ1) is 40.2. The molecule has 0 spiro atoms. The van der Waals surface area contributed by atoms with Crippen molar-refractivity contribution in [3.8, 4) is 44.8 Å². The van der Waals surface area contributed by atoms with Gasteiger partial charge >= 0.3 is 0 Å². The summed E-state index contributed by atoms with van der Waals surface area (Å²) in [6.07, 6.45) is 4.20. The fourth-order valence-corrected chi connectivity index (χ4v) is 8.49. The van der Waals surface area contributed by atoms with Crippen LogP contribution in [0.1, 0.15) is 42.0 Å². The van der Waals surface area contributed by atoms with Crippen molar-refractivity contribution in [1.29, 1.82) is 0 Å². The summed E-state index contributed by atoms with van der Waals surface area (Å²) in [5, 5.41) is 3.63. The number of furan rings is 1. The molecular formula is C51H50IrN2OSi-2. The van der Waals surface area contributed by atoms with E-state index in [0.29, 0.717) is 5.92 Å². The summed E-state index contributed by atoms with van der Waals surface area (Å²) in [7, 11) is 7.14. The van der Waals surface area contributed by atoms with Gasteiger partial charge in [-0.2, -0.15) is 37.1 Å². The number of hydrogen-bond donors (Lipinski definition) is 0. The zero-order valence-corrected chi connectivity index (χ0v) is 36.7. The first-order valence-electron chi connectivity index (χ1n) is 18.9. The number of hydrogen-bond acceptors (Lipinski definition) is 1. The smallest absolute Gasteiger partial charge is 0.133 e. The van der Waals surface area contributed by atoms with Crippen LogP contribution in [0, 0.1) is 34.9 Å². The minimum atomic E-state index is -1.29. The second-order valence-electron chi connectivity index (χ2n) is 15.8. The van der Waals surface area contributed by atoms with Crippen LogP contribution in [0.4, 0.5) is 0 Å². The van der Waals surface area contributed by atoms with Crippen molar-refractivity contribution in [3.63, 3.8) is 0 Å². The summed E-state index contributed by atoms with van der Waals surface area (Å²) in [5.41, 5.74) is 15.2. The summed E-state index contributed by atoms with van der Waals surface area (Å²) in [6, 6.07) is 44.7. The van der Waals surface area contributed by atoms with Gasteiger partial charge in [-0.15, -0.1) is 17.2 Å². The second-order valence-corrected chi connectivity index (χ2v) is 20.9. The summed E-state index contributed by atoms with van der Waals surface area (Å²) in [6.45, 7) is 22.2. The van der Waals surface area contributed by atoms with Crippen molar-refractivity contribution in [2.24, 2.45) is 0 Å². The minimum absolute atomic E-state index is 0. The molecule has 3 heterocycles. The van der Waals surface area contributed by atoms with Gasteiger partial charge in [0.2, 0.25) is 0 Å². The average Bonchev–Trinajstić information content (AvgIpc) is 3.55. The first-order valence-corrected chi connectivity index (χ1v) is 22.4. The zero-order valence-electron chi connectivity index (χ0n) is 33.3. The van der Waals surface area contributed by atoms with Gasteiger partial charge in [-0.25, -0.2) is 0 Å². The van der Waals surface area contributed by atoms with Crippen LogP contribution in [-0.4, -0.2) is 8.07 Å². The number of nitrogens with zero attached hydrogens (tertiary/aromatic N) is 2. The van der Waals surface area contributed by atoms with Crippen LogP contribution < -0.4 is 14.3 Å². The van der Waals surface area contributed by atoms with Crippen molar-refractivity contribution < 1.29 is 33.7 Å². The summed E-state index contributed by atoms with van der Waals surface area (Å²) >= 11 is 0. The Kier molecular flexibility index (Phi) is 11.7. The van der Waals surface area contributed by atoms with E-state index in [2.05, 4.69) is 178 Å². The summed E-state index contributed by atoms with van der Waals surface area (Å²) < 4.78 is 10.5. The van der Waals surface area contributed by atoms with Crippen LogP contribution in [0.3, 0.4) is 0 Å². The number of fused-ring (bicyclic) bond motifs is 3. The molecule has 56 heavy (non-hydrogen) atoms. The second kappa shape index (κ2) is 16.3. The third-order valence-corrected chi connectivity index (χ3v) is 12.6. The molecule has 285 valence electrons. The molecule has 0 saturated carbocycles. The summed E-state index contributed by atoms with van der Waals surface area (Å²) in [5.74, 6) is 0.409. The van der Waals surface area contributed by atoms with E-state index >= 15 is 0 Å². The van der Waals surface area contributed by atoms with Gasteiger partial charge in [0, 0.05) is 45.0 Å². The number of benzene rings is 5. The predicted octanol–water partition coefficient (Wildman–Crippen LogP) is 12.1. The van der Waals surface area contributed by atoms with Gasteiger partial charge < -0.3 is 13.6 Å². The van der Waals surface area contributed by atoms with E-state index in [1.807, 2.05) is 39.6 Å². The number of aromatic nitrogens is 2. The molecule has 0 aliphatic carbocycles. The van der Waals surface area contributed by atoms with Crippen LogP contribution in [0.5, 0.6) is 0 Å². The Hall–Kier alpha value is -5.45. The molecule has 0 unspecified atom stereocenters. The molecule has 0 bridgehead atoms. The molecule has 5 heteroatoms. The van der Waals surface area contributed by atoms with Gasteiger partial charge in [0.1, 0.15) is 5.58 Å². The molecule has 0 aliphatic rings. The van der Waals surface area contributed by atoms with Gasteiger partial charge in [-0.3, -0.25) is 0 Å².